The van der Waals surface area contributed by atoms with Crippen molar-refractivity contribution in [2.75, 3.05) is 0 Å². The quantitative estimate of drug-likeness (QED) is 0.821. The fourth-order valence-corrected chi connectivity index (χ4v) is 1.92. The molecule has 0 bridgehead atoms. The SMILES string of the molecule is Cc1[nH]nc(-c2ccco2)c1CBr. The van der Waals surface area contributed by atoms with Crippen LogP contribution in [0.3, 0.4) is 0 Å². The number of nitrogens with zero attached hydrogens (tertiary/aromatic N) is 1. The number of rotatable bonds is 2. The molecular formula is C9H9BrN2O. The minimum Gasteiger partial charge on any atom is -0.463 e. The van der Waals surface area contributed by atoms with E-state index in [0.29, 0.717) is 0 Å². The molecule has 4 heteroatoms. The fraction of sp³-hybridized carbons (Fsp3) is 0.222. The zero-order valence-electron chi connectivity index (χ0n) is 7.17. The topological polar surface area (TPSA) is 41.8 Å². The Kier molecular flexibility index (Phi) is 2.22. The van der Waals surface area contributed by atoms with Gasteiger partial charge in [-0.3, -0.25) is 5.10 Å². The molecule has 2 aromatic heterocycles. The Balaban J connectivity index is 2.52. The van der Waals surface area contributed by atoms with Crippen LogP contribution in [0.25, 0.3) is 11.5 Å². The lowest BCUT2D eigenvalue weighted by Crippen LogP contribution is -1.81. The molecule has 3 nitrogen and oxygen atoms in total. The van der Waals surface area contributed by atoms with E-state index in [0.717, 1.165) is 28.0 Å². The van der Waals surface area contributed by atoms with Crippen molar-refractivity contribution in [2.24, 2.45) is 0 Å². The van der Waals surface area contributed by atoms with Gasteiger partial charge in [0.15, 0.2) is 5.76 Å². The number of furan rings is 1. The van der Waals surface area contributed by atoms with Gasteiger partial charge in [-0.1, -0.05) is 15.9 Å². The number of hydrogen-bond acceptors (Lipinski definition) is 2. The summed E-state index contributed by atoms with van der Waals surface area (Å²) < 4.78 is 5.27. The monoisotopic (exact) mass is 240 g/mol. The lowest BCUT2D eigenvalue weighted by molar-refractivity contribution is 0.579. The zero-order chi connectivity index (χ0) is 9.26. The van der Waals surface area contributed by atoms with Gasteiger partial charge in [-0.25, -0.2) is 0 Å². The molecule has 0 saturated heterocycles. The van der Waals surface area contributed by atoms with Crippen LogP contribution in [0, 0.1) is 6.92 Å². The predicted octanol–water partition coefficient (Wildman–Crippen LogP) is 2.87. The summed E-state index contributed by atoms with van der Waals surface area (Å²) in [4.78, 5) is 0. The highest BCUT2D eigenvalue weighted by Gasteiger charge is 2.12. The highest BCUT2D eigenvalue weighted by atomic mass is 79.9. The van der Waals surface area contributed by atoms with Gasteiger partial charge in [0.25, 0.3) is 0 Å². The van der Waals surface area contributed by atoms with E-state index in [-0.39, 0.29) is 0 Å². The zero-order valence-corrected chi connectivity index (χ0v) is 8.76. The fourth-order valence-electron chi connectivity index (χ4n) is 1.23. The van der Waals surface area contributed by atoms with Crippen molar-refractivity contribution in [3.05, 3.63) is 29.7 Å². The largest absolute Gasteiger partial charge is 0.463 e. The maximum Gasteiger partial charge on any atom is 0.154 e. The van der Waals surface area contributed by atoms with Crippen LogP contribution in [0.15, 0.2) is 22.8 Å². The van der Waals surface area contributed by atoms with Crippen molar-refractivity contribution in [3.8, 4) is 11.5 Å². The Morgan fingerprint density at radius 3 is 3.08 bits per heavy atom. The number of alkyl halides is 1. The van der Waals surface area contributed by atoms with E-state index in [4.69, 9.17) is 4.42 Å². The first kappa shape index (κ1) is 8.56. The molecule has 13 heavy (non-hydrogen) atoms. The molecule has 0 atom stereocenters. The molecule has 0 aliphatic carbocycles. The number of aromatic nitrogens is 2. The molecule has 0 fully saturated rings. The van der Waals surface area contributed by atoms with Crippen LogP contribution in [0.5, 0.6) is 0 Å². The van der Waals surface area contributed by atoms with Crippen LogP contribution < -0.4 is 0 Å². The Bertz CT molecular complexity index is 392. The average Bonchev–Trinajstić information content (AvgIpc) is 2.71. The third-order valence-corrected chi connectivity index (χ3v) is 2.52. The Hall–Kier alpha value is -1.03. The van der Waals surface area contributed by atoms with Gasteiger partial charge >= 0.3 is 0 Å². The molecule has 1 N–H and O–H groups in total. The van der Waals surface area contributed by atoms with Gasteiger partial charge in [0.2, 0.25) is 0 Å². The second kappa shape index (κ2) is 3.38. The first-order chi connectivity index (χ1) is 6.33. The molecule has 2 heterocycles. The van der Waals surface area contributed by atoms with Crippen molar-refractivity contribution >= 4 is 15.9 Å². The van der Waals surface area contributed by atoms with Crippen LogP contribution in [0.4, 0.5) is 0 Å². The Morgan fingerprint density at radius 2 is 2.46 bits per heavy atom. The summed E-state index contributed by atoms with van der Waals surface area (Å²) in [6.07, 6.45) is 1.65. The lowest BCUT2D eigenvalue weighted by atomic mass is 10.2. The van der Waals surface area contributed by atoms with Gasteiger partial charge in [0.1, 0.15) is 5.69 Å². The summed E-state index contributed by atoms with van der Waals surface area (Å²) in [7, 11) is 0. The molecule has 2 aromatic rings. The number of nitrogens with one attached hydrogen (secondary N) is 1. The smallest absolute Gasteiger partial charge is 0.154 e. The number of aromatic amines is 1. The van der Waals surface area contributed by atoms with Gasteiger partial charge in [-0.15, -0.1) is 0 Å². The van der Waals surface area contributed by atoms with Crippen LogP contribution >= 0.6 is 15.9 Å². The third-order valence-electron chi connectivity index (χ3n) is 1.96. The third kappa shape index (κ3) is 1.42. The number of hydrogen-bond donors (Lipinski definition) is 1. The molecule has 0 aliphatic rings. The highest BCUT2D eigenvalue weighted by Crippen LogP contribution is 2.25. The van der Waals surface area contributed by atoms with Gasteiger partial charge in [0, 0.05) is 16.6 Å². The van der Waals surface area contributed by atoms with Crippen molar-refractivity contribution in [1.82, 2.24) is 10.2 Å². The number of aryl methyl sites for hydroxylation is 1. The van der Waals surface area contributed by atoms with Crippen LogP contribution in [0.2, 0.25) is 0 Å². The van der Waals surface area contributed by atoms with Crippen molar-refractivity contribution in [2.45, 2.75) is 12.3 Å². The molecule has 0 aliphatic heterocycles. The second-order valence-electron chi connectivity index (χ2n) is 2.79. The average molecular weight is 241 g/mol. The van der Waals surface area contributed by atoms with Crippen LogP contribution in [-0.2, 0) is 5.33 Å². The molecule has 0 spiro atoms. The predicted molar refractivity (Wildman–Crippen MR) is 53.7 cm³/mol. The maximum absolute atomic E-state index is 5.27. The van der Waals surface area contributed by atoms with Crippen molar-refractivity contribution < 1.29 is 4.42 Å². The van der Waals surface area contributed by atoms with Crippen LogP contribution in [-0.4, -0.2) is 10.2 Å². The summed E-state index contributed by atoms with van der Waals surface area (Å²) in [6, 6.07) is 3.76. The van der Waals surface area contributed by atoms with Gasteiger partial charge in [-0.2, -0.15) is 5.10 Å². The highest BCUT2D eigenvalue weighted by molar-refractivity contribution is 9.08. The van der Waals surface area contributed by atoms with E-state index in [2.05, 4.69) is 26.1 Å². The van der Waals surface area contributed by atoms with E-state index in [1.807, 2.05) is 19.1 Å². The normalized spacial score (nSPS) is 10.6. The first-order valence-electron chi connectivity index (χ1n) is 3.96. The van der Waals surface area contributed by atoms with Gasteiger partial charge < -0.3 is 4.42 Å². The minimum absolute atomic E-state index is 0.783. The summed E-state index contributed by atoms with van der Waals surface area (Å²) in [5.74, 6) is 0.804. The molecular weight excluding hydrogens is 232 g/mol. The molecule has 0 aromatic carbocycles. The van der Waals surface area contributed by atoms with E-state index < -0.39 is 0 Å². The summed E-state index contributed by atoms with van der Waals surface area (Å²) in [5.41, 5.74) is 3.11. The van der Waals surface area contributed by atoms with Crippen LogP contribution in [0.1, 0.15) is 11.3 Å². The molecule has 2 rings (SSSR count). The molecule has 0 radical (unpaired) electrons. The molecule has 0 unspecified atom stereocenters. The number of H-pyrrole nitrogens is 1. The lowest BCUT2D eigenvalue weighted by Gasteiger charge is -1.94. The number of halogens is 1. The Labute approximate surface area is 84.3 Å². The van der Waals surface area contributed by atoms with Gasteiger partial charge in [0.05, 0.1) is 6.26 Å². The van der Waals surface area contributed by atoms with E-state index in [1.54, 1.807) is 6.26 Å². The summed E-state index contributed by atoms with van der Waals surface area (Å²) >= 11 is 3.42. The Morgan fingerprint density at radius 1 is 1.62 bits per heavy atom. The summed E-state index contributed by atoms with van der Waals surface area (Å²) in [5, 5.41) is 7.90. The minimum atomic E-state index is 0.783. The summed E-state index contributed by atoms with van der Waals surface area (Å²) in [6.45, 7) is 2.00. The maximum atomic E-state index is 5.27. The van der Waals surface area contributed by atoms with E-state index >= 15 is 0 Å². The van der Waals surface area contributed by atoms with Crippen molar-refractivity contribution in [3.63, 3.8) is 0 Å². The standard InChI is InChI=1S/C9H9BrN2O/c1-6-7(5-10)9(12-11-6)8-3-2-4-13-8/h2-4H,5H2,1H3,(H,11,12). The van der Waals surface area contributed by atoms with E-state index in [1.165, 1.54) is 0 Å². The first-order valence-corrected chi connectivity index (χ1v) is 5.08. The van der Waals surface area contributed by atoms with Crippen molar-refractivity contribution in [1.29, 1.82) is 0 Å². The molecule has 0 amide bonds. The van der Waals surface area contributed by atoms with E-state index in [9.17, 15) is 0 Å². The second-order valence-corrected chi connectivity index (χ2v) is 3.35. The van der Waals surface area contributed by atoms with Gasteiger partial charge in [-0.05, 0) is 19.1 Å². The molecule has 0 saturated carbocycles. The molecule has 68 valence electrons.